The van der Waals surface area contributed by atoms with Gasteiger partial charge in [-0.3, -0.25) is 9.78 Å². The van der Waals surface area contributed by atoms with Crippen molar-refractivity contribution in [1.29, 1.82) is 0 Å². The van der Waals surface area contributed by atoms with Crippen LogP contribution < -0.4 is 9.80 Å². The van der Waals surface area contributed by atoms with Crippen LogP contribution in [0.15, 0.2) is 66.9 Å². The second-order valence-electron chi connectivity index (χ2n) is 8.31. The Kier molecular flexibility index (Phi) is 7.15. The van der Waals surface area contributed by atoms with Crippen molar-refractivity contribution in [2.45, 2.75) is 25.7 Å². The number of fused-ring (bicyclic) bond motifs is 1. The number of amides is 1. The van der Waals surface area contributed by atoms with Crippen LogP contribution in [0.5, 0.6) is 0 Å². The van der Waals surface area contributed by atoms with E-state index in [1.54, 1.807) is 11.1 Å². The molecular weight excluding hydrogens is 384 g/mol. The summed E-state index contributed by atoms with van der Waals surface area (Å²) in [4.78, 5) is 23.8. The van der Waals surface area contributed by atoms with E-state index in [9.17, 15) is 4.79 Å². The summed E-state index contributed by atoms with van der Waals surface area (Å²) in [6, 6.07) is 20.6. The molecule has 162 valence electrons. The van der Waals surface area contributed by atoms with E-state index in [4.69, 9.17) is 0 Å². The predicted molar refractivity (Wildman–Crippen MR) is 129 cm³/mol. The number of hydrogen-bond acceptors (Lipinski definition) is 4. The van der Waals surface area contributed by atoms with E-state index >= 15 is 0 Å². The van der Waals surface area contributed by atoms with Crippen LogP contribution in [0.25, 0.3) is 10.9 Å². The zero-order valence-corrected chi connectivity index (χ0v) is 18.4. The number of carbonyl (C=O) groups is 1. The third-order valence-corrected chi connectivity index (χ3v) is 6.17. The molecule has 31 heavy (non-hydrogen) atoms. The van der Waals surface area contributed by atoms with Gasteiger partial charge in [-0.1, -0.05) is 24.3 Å². The van der Waals surface area contributed by atoms with Crippen LogP contribution >= 0.6 is 0 Å². The molecule has 2 heterocycles. The van der Waals surface area contributed by atoms with Gasteiger partial charge in [0.05, 0.1) is 5.52 Å². The molecule has 0 saturated carbocycles. The average Bonchev–Trinajstić information content (AvgIpc) is 3.07. The summed E-state index contributed by atoms with van der Waals surface area (Å²) < 4.78 is 0. The molecule has 1 aromatic heterocycles. The minimum absolute atomic E-state index is 0.175. The van der Waals surface area contributed by atoms with Gasteiger partial charge < -0.3 is 14.7 Å². The Morgan fingerprint density at radius 2 is 1.84 bits per heavy atom. The molecule has 1 saturated heterocycles. The number of carbonyl (C=O) groups excluding carboxylic acids is 1. The molecule has 5 nitrogen and oxygen atoms in total. The number of aromatic nitrogens is 1. The van der Waals surface area contributed by atoms with Crippen LogP contribution in [0.2, 0.25) is 0 Å². The van der Waals surface area contributed by atoms with Crippen molar-refractivity contribution < 1.29 is 4.79 Å². The fourth-order valence-corrected chi connectivity index (χ4v) is 4.29. The first-order chi connectivity index (χ1) is 15.2. The lowest BCUT2D eigenvalue weighted by atomic mass is 10.1. The van der Waals surface area contributed by atoms with Gasteiger partial charge in [-0.15, -0.1) is 0 Å². The van der Waals surface area contributed by atoms with Gasteiger partial charge in [0.25, 0.3) is 0 Å². The van der Waals surface area contributed by atoms with Crippen molar-refractivity contribution in [3.63, 3.8) is 0 Å². The second-order valence-corrected chi connectivity index (χ2v) is 8.31. The first kappa shape index (κ1) is 21.3. The van der Waals surface area contributed by atoms with E-state index in [1.165, 1.54) is 12.1 Å². The molecule has 2 aromatic carbocycles. The van der Waals surface area contributed by atoms with Crippen LogP contribution in [0.3, 0.4) is 0 Å². The molecule has 1 fully saturated rings. The molecular formula is C26H32N4O. The fraction of sp³-hybridized carbons (Fsp3) is 0.385. The monoisotopic (exact) mass is 416 g/mol. The van der Waals surface area contributed by atoms with Gasteiger partial charge in [-0.2, -0.15) is 0 Å². The van der Waals surface area contributed by atoms with E-state index in [2.05, 4.69) is 45.1 Å². The molecule has 0 radical (unpaired) electrons. The van der Waals surface area contributed by atoms with Crippen LogP contribution in [-0.4, -0.2) is 55.6 Å². The molecule has 1 amide bonds. The number of pyridine rings is 1. The number of unbranched alkanes of at least 4 members (excludes halogenated alkanes) is 1. The summed E-state index contributed by atoms with van der Waals surface area (Å²) in [6.45, 7) is 5.49. The van der Waals surface area contributed by atoms with E-state index in [0.29, 0.717) is 6.42 Å². The van der Waals surface area contributed by atoms with E-state index in [1.807, 2.05) is 37.4 Å². The van der Waals surface area contributed by atoms with Crippen LogP contribution in [-0.2, 0) is 4.79 Å². The first-order valence-electron chi connectivity index (χ1n) is 11.3. The van der Waals surface area contributed by atoms with Gasteiger partial charge in [-0.05, 0) is 68.8 Å². The number of para-hydroxylation sites is 1. The summed E-state index contributed by atoms with van der Waals surface area (Å²) in [5.74, 6) is 0.175. The summed E-state index contributed by atoms with van der Waals surface area (Å²) in [5.41, 5.74) is 3.21. The Bertz CT molecular complexity index is 991. The molecule has 0 unspecified atom stereocenters. The minimum atomic E-state index is 0.175. The Hall–Kier alpha value is -2.92. The lowest BCUT2D eigenvalue weighted by Crippen LogP contribution is -2.31. The maximum Gasteiger partial charge on any atom is 0.226 e. The number of benzene rings is 2. The zero-order chi connectivity index (χ0) is 21.5. The van der Waals surface area contributed by atoms with Gasteiger partial charge in [0.2, 0.25) is 5.91 Å². The first-order valence-corrected chi connectivity index (χ1v) is 11.3. The molecule has 3 aromatic rings. The van der Waals surface area contributed by atoms with Crippen molar-refractivity contribution in [2.75, 3.05) is 49.6 Å². The summed E-state index contributed by atoms with van der Waals surface area (Å²) >= 11 is 0. The van der Waals surface area contributed by atoms with Crippen molar-refractivity contribution in [3.8, 4) is 0 Å². The number of rotatable bonds is 7. The number of hydrogen-bond donors (Lipinski definition) is 0. The standard InChI is InChI=1S/C26H32N4O/c1-28(24-13-14-25-22(21-24)9-7-15-27-25)26(31)12-5-6-16-29-17-8-18-30(20-19-29)23-10-3-2-4-11-23/h2-4,7,9-11,13-15,21H,5-6,8,12,16-20H2,1H3. The van der Waals surface area contributed by atoms with Crippen LogP contribution in [0.1, 0.15) is 25.7 Å². The number of anilines is 2. The summed E-state index contributed by atoms with van der Waals surface area (Å²) in [6.07, 6.45) is 5.56. The highest BCUT2D eigenvalue weighted by molar-refractivity contribution is 5.95. The molecule has 1 aliphatic heterocycles. The zero-order valence-electron chi connectivity index (χ0n) is 18.4. The topological polar surface area (TPSA) is 39.7 Å². The van der Waals surface area contributed by atoms with Crippen molar-refractivity contribution in [2.24, 2.45) is 0 Å². The molecule has 0 N–H and O–H groups in total. The molecule has 0 atom stereocenters. The molecule has 5 heteroatoms. The Morgan fingerprint density at radius 3 is 2.71 bits per heavy atom. The van der Waals surface area contributed by atoms with E-state index in [-0.39, 0.29) is 5.91 Å². The Labute approximate surface area is 185 Å². The minimum Gasteiger partial charge on any atom is -0.370 e. The third kappa shape index (κ3) is 5.61. The van der Waals surface area contributed by atoms with E-state index in [0.717, 1.165) is 62.2 Å². The quantitative estimate of drug-likeness (QED) is 0.529. The summed E-state index contributed by atoms with van der Waals surface area (Å²) in [7, 11) is 1.87. The van der Waals surface area contributed by atoms with Crippen molar-refractivity contribution >= 4 is 28.2 Å². The predicted octanol–water partition coefficient (Wildman–Crippen LogP) is 4.58. The Morgan fingerprint density at radius 1 is 0.968 bits per heavy atom. The highest BCUT2D eigenvalue weighted by Crippen LogP contribution is 2.21. The fourth-order valence-electron chi connectivity index (χ4n) is 4.29. The third-order valence-electron chi connectivity index (χ3n) is 6.17. The maximum absolute atomic E-state index is 12.7. The molecule has 0 aliphatic carbocycles. The van der Waals surface area contributed by atoms with Crippen molar-refractivity contribution in [1.82, 2.24) is 9.88 Å². The normalized spacial score (nSPS) is 15.1. The lowest BCUT2D eigenvalue weighted by Gasteiger charge is -2.23. The van der Waals surface area contributed by atoms with Gasteiger partial charge in [0, 0.05) is 56.1 Å². The lowest BCUT2D eigenvalue weighted by molar-refractivity contribution is -0.118. The summed E-state index contributed by atoms with van der Waals surface area (Å²) in [5, 5.41) is 1.06. The molecule has 0 spiro atoms. The van der Waals surface area contributed by atoms with Gasteiger partial charge in [-0.25, -0.2) is 0 Å². The smallest absolute Gasteiger partial charge is 0.226 e. The second kappa shape index (κ2) is 10.4. The molecule has 1 aliphatic rings. The van der Waals surface area contributed by atoms with E-state index < -0.39 is 0 Å². The highest BCUT2D eigenvalue weighted by atomic mass is 16.2. The van der Waals surface area contributed by atoms with Crippen molar-refractivity contribution in [3.05, 3.63) is 66.9 Å². The Balaban J connectivity index is 1.20. The number of nitrogens with zero attached hydrogens (tertiary/aromatic N) is 4. The van der Waals surface area contributed by atoms with Crippen LogP contribution in [0.4, 0.5) is 11.4 Å². The molecule has 0 bridgehead atoms. The largest absolute Gasteiger partial charge is 0.370 e. The van der Waals surface area contributed by atoms with Crippen LogP contribution in [0, 0.1) is 0 Å². The van der Waals surface area contributed by atoms with Gasteiger partial charge >= 0.3 is 0 Å². The maximum atomic E-state index is 12.7. The van der Waals surface area contributed by atoms with Gasteiger partial charge in [0.15, 0.2) is 0 Å². The molecule has 4 rings (SSSR count). The SMILES string of the molecule is CN(C(=O)CCCCN1CCCN(c2ccccc2)CC1)c1ccc2ncccc2c1. The highest BCUT2D eigenvalue weighted by Gasteiger charge is 2.16. The average molecular weight is 417 g/mol. The van der Waals surface area contributed by atoms with Gasteiger partial charge in [0.1, 0.15) is 0 Å².